The van der Waals surface area contributed by atoms with Crippen molar-refractivity contribution in [1.29, 1.82) is 0 Å². The monoisotopic (exact) mass is 318 g/mol. The van der Waals surface area contributed by atoms with Crippen LogP contribution in [0.4, 0.5) is 0 Å². The van der Waals surface area contributed by atoms with Crippen LogP contribution < -0.4 is 12.4 Å². The van der Waals surface area contributed by atoms with Gasteiger partial charge in [0.2, 0.25) is 16.2 Å². The van der Waals surface area contributed by atoms with Gasteiger partial charge in [-0.15, -0.1) is 0 Å². The molecule has 20 heavy (non-hydrogen) atoms. The standard InChI is InChI=1S/C17H12ClS.ClH/c18-17-12-15(13-7-3-1-4-8-13)11-16(19-17)14-9-5-2-6-10-14;/h1-12H;1H/q+1;/p-1. The van der Waals surface area contributed by atoms with Crippen LogP contribution >= 0.6 is 22.9 Å². The van der Waals surface area contributed by atoms with Crippen LogP contribution in [0.5, 0.6) is 0 Å². The molecule has 0 aliphatic heterocycles. The maximum Gasteiger partial charge on any atom is 0.299 e. The summed E-state index contributed by atoms with van der Waals surface area (Å²) in [5, 5.41) is 0. The van der Waals surface area contributed by atoms with E-state index in [1.54, 1.807) is 11.3 Å². The normalized spacial score (nSPS) is 9.85. The quantitative estimate of drug-likeness (QED) is 0.637. The molecule has 0 spiro atoms. The van der Waals surface area contributed by atoms with Crippen molar-refractivity contribution in [2.75, 3.05) is 0 Å². The van der Waals surface area contributed by atoms with Crippen molar-refractivity contribution in [3.63, 3.8) is 0 Å². The average Bonchev–Trinajstić information content (AvgIpc) is 2.48. The van der Waals surface area contributed by atoms with Gasteiger partial charge < -0.3 is 12.4 Å². The fourth-order valence-corrected chi connectivity index (χ4v) is 3.21. The largest absolute Gasteiger partial charge is 1.00 e. The third-order valence-electron chi connectivity index (χ3n) is 2.93. The summed E-state index contributed by atoms with van der Waals surface area (Å²) in [5.41, 5.74) is 3.55. The van der Waals surface area contributed by atoms with Crippen molar-refractivity contribution in [2.45, 2.75) is 0 Å². The van der Waals surface area contributed by atoms with Gasteiger partial charge in [-0.2, -0.15) is 0 Å². The van der Waals surface area contributed by atoms with Crippen molar-refractivity contribution in [3.8, 4) is 21.6 Å². The predicted octanol–water partition coefficient (Wildman–Crippen LogP) is 3.02. The summed E-state index contributed by atoms with van der Waals surface area (Å²) in [5.74, 6) is 0. The first-order chi connectivity index (χ1) is 9.33. The van der Waals surface area contributed by atoms with Crippen LogP contribution in [0, 0.1) is 0 Å². The first kappa shape index (κ1) is 15.0. The zero-order valence-electron chi connectivity index (χ0n) is 10.6. The number of rotatable bonds is 2. The molecule has 0 unspecified atom stereocenters. The second-order valence-corrected chi connectivity index (χ2v) is 5.96. The smallest absolute Gasteiger partial charge is 0.299 e. The maximum atomic E-state index is 6.27. The number of hydrogen-bond acceptors (Lipinski definition) is 0. The zero-order chi connectivity index (χ0) is 13.1. The summed E-state index contributed by atoms with van der Waals surface area (Å²) in [4.78, 5) is 1.19. The summed E-state index contributed by atoms with van der Waals surface area (Å²) in [6.07, 6.45) is 0. The minimum atomic E-state index is 0. The Morgan fingerprint density at radius 1 is 0.650 bits per heavy atom. The van der Waals surface area contributed by atoms with Gasteiger partial charge in [0.05, 0.1) is 0 Å². The summed E-state index contributed by atoms with van der Waals surface area (Å²) in [6, 6.07) is 24.9. The Hall–Kier alpha value is -1.41. The Morgan fingerprint density at radius 2 is 1.20 bits per heavy atom. The van der Waals surface area contributed by atoms with Crippen molar-refractivity contribution < 1.29 is 12.4 Å². The van der Waals surface area contributed by atoms with Crippen LogP contribution in [0.15, 0.2) is 72.8 Å². The summed E-state index contributed by atoms with van der Waals surface area (Å²) in [7, 11) is 0. The third kappa shape index (κ3) is 3.37. The SMILES string of the molecule is Clc1cc(-c2ccccc2)cc(-c2ccccc2)[s+]1.[Cl-]. The highest BCUT2D eigenvalue weighted by Crippen LogP contribution is 2.34. The lowest BCUT2D eigenvalue weighted by molar-refractivity contribution is -0.00000347. The Bertz CT molecular complexity index is 624. The average molecular weight is 319 g/mol. The van der Waals surface area contributed by atoms with Gasteiger partial charge in [-0.3, -0.25) is 0 Å². The second-order valence-electron chi connectivity index (χ2n) is 4.25. The van der Waals surface area contributed by atoms with Gasteiger partial charge in [0.1, 0.15) is 0 Å². The lowest BCUT2D eigenvalue weighted by atomic mass is 10.1. The lowest BCUT2D eigenvalue weighted by Crippen LogP contribution is -3.00. The lowest BCUT2D eigenvalue weighted by Gasteiger charge is -2.00. The molecule has 1 aromatic heterocycles. The molecule has 3 aromatic rings. The molecular weight excluding hydrogens is 307 g/mol. The van der Waals surface area contributed by atoms with Crippen molar-refractivity contribution in [2.24, 2.45) is 0 Å². The molecule has 100 valence electrons. The van der Waals surface area contributed by atoms with Crippen LogP contribution in [-0.2, 0) is 0 Å². The van der Waals surface area contributed by atoms with Gasteiger partial charge in [-0.1, -0.05) is 48.5 Å². The van der Waals surface area contributed by atoms with Crippen molar-refractivity contribution >= 4 is 22.9 Å². The van der Waals surface area contributed by atoms with Gasteiger partial charge in [0, 0.05) is 17.7 Å². The second kappa shape index (κ2) is 6.85. The number of hydrogen-bond donors (Lipinski definition) is 0. The molecule has 0 N–H and O–H groups in total. The minimum absolute atomic E-state index is 0. The molecule has 1 heterocycles. The van der Waals surface area contributed by atoms with Crippen molar-refractivity contribution in [3.05, 3.63) is 77.1 Å². The van der Waals surface area contributed by atoms with Gasteiger partial charge in [0.15, 0.2) is 0 Å². The molecule has 0 amide bonds. The molecule has 0 bridgehead atoms. The molecular formula is C17H12Cl2S. The highest BCUT2D eigenvalue weighted by molar-refractivity contribution is 7.19. The molecule has 0 nitrogen and oxygen atoms in total. The van der Waals surface area contributed by atoms with E-state index in [1.807, 2.05) is 42.5 Å². The topological polar surface area (TPSA) is 0 Å². The first-order valence-electron chi connectivity index (χ1n) is 6.07. The van der Waals surface area contributed by atoms with Crippen LogP contribution in [0.25, 0.3) is 21.6 Å². The van der Waals surface area contributed by atoms with Gasteiger partial charge in [-0.05, 0) is 34.9 Å². The van der Waals surface area contributed by atoms with Crippen molar-refractivity contribution in [1.82, 2.24) is 0 Å². The summed E-state index contributed by atoms with van der Waals surface area (Å²) >= 11 is 7.87. The van der Waals surface area contributed by atoms with Crippen LogP contribution in [0.3, 0.4) is 0 Å². The Morgan fingerprint density at radius 3 is 1.80 bits per heavy atom. The molecule has 0 aliphatic rings. The van der Waals surface area contributed by atoms with E-state index in [0.29, 0.717) is 0 Å². The fourth-order valence-electron chi connectivity index (χ4n) is 2.01. The Labute approximate surface area is 134 Å². The van der Waals surface area contributed by atoms with Gasteiger partial charge in [-0.25, -0.2) is 0 Å². The van der Waals surface area contributed by atoms with E-state index in [9.17, 15) is 0 Å². The molecule has 0 aliphatic carbocycles. The zero-order valence-corrected chi connectivity index (χ0v) is 12.9. The van der Waals surface area contributed by atoms with Crippen LogP contribution in [-0.4, -0.2) is 0 Å². The third-order valence-corrected chi connectivity index (χ3v) is 4.16. The van der Waals surface area contributed by atoms with E-state index >= 15 is 0 Å². The summed E-state index contributed by atoms with van der Waals surface area (Å²) in [6.45, 7) is 0. The van der Waals surface area contributed by atoms with E-state index in [4.69, 9.17) is 11.6 Å². The van der Waals surface area contributed by atoms with E-state index < -0.39 is 0 Å². The maximum absolute atomic E-state index is 6.27. The van der Waals surface area contributed by atoms with Crippen LogP contribution in [0.1, 0.15) is 0 Å². The van der Waals surface area contributed by atoms with E-state index in [1.165, 1.54) is 16.0 Å². The first-order valence-corrected chi connectivity index (χ1v) is 7.27. The molecule has 0 atom stereocenters. The van der Waals surface area contributed by atoms with Gasteiger partial charge in [0.25, 0.3) is 4.34 Å². The molecule has 0 saturated heterocycles. The Kier molecular flexibility index (Phi) is 5.13. The minimum Gasteiger partial charge on any atom is -1.00 e. The number of halogens is 2. The highest BCUT2D eigenvalue weighted by atomic mass is 35.5. The van der Waals surface area contributed by atoms with Gasteiger partial charge >= 0.3 is 0 Å². The predicted molar refractivity (Wildman–Crippen MR) is 84.6 cm³/mol. The molecule has 2 aromatic carbocycles. The van der Waals surface area contributed by atoms with E-state index in [-0.39, 0.29) is 12.4 Å². The highest BCUT2D eigenvalue weighted by Gasteiger charge is 2.15. The molecule has 0 radical (unpaired) electrons. The molecule has 0 saturated carbocycles. The molecule has 3 heteroatoms. The van der Waals surface area contributed by atoms with E-state index in [2.05, 4.69) is 30.3 Å². The molecule has 0 fully saturated rings. The number of benzene rings is 2. The Balaban J connectivity index is 0.00000147. The van der Waals surface area contributed by atoms with E-state index in [0.717, 1.165) is 9.90 Å². The van der Waals surface area contributed by atoms with Crippen LogP contribution in [0.2, 0.25) is 4.34 Å². The summed E-state index contributed by atoms with van der Waals surface area (Å²) < 4.78 is 0.806. The fraction of sp³-hybridized carbons (Fsp3) is 0. The molecule has 3 rings (SSSR count).